The van der Waals surface area contributed by atoms with Gasteiger partial charge in [0.1, 0.15) is 24.7 Å². The lowest BCUT2D eigenvalue weighted by atomic mass is 10.3. The van der Waals surface area contributed by atoms with Crippen LogP contribution in [-0.2, 0) is 0 Å². The molecule has 0 aliphatic heterocycles. The summed E-state index contributed by atoms with van der Waals surface area (Å²) in [6.45, 7) is 3.59. The van der Waals surface area contributed by atoms with Gasteiger partial charge in [0, 0.05) is 18.9 Å². The summed E-state index contributed by atoms with van der Waals surface area (Å²) in [6, 6.07) is 14.9. The normalized spacial score (nSPS) is 10.5. The van der Waals surface area contributed by atoms with Crippen molar-refractivity contribution in [2.45, 2.75) is 6.92 Å². The molecule has 0 saturated heterocycles. The Morgan fingerprint density at radius 2 is 1.38 bits per heavy atom. The van der Waals surface area contributed by atoms with Gasteiger partial charge in [-0.25, -0.2) is 4.79 Å². The van der Waals surface area contributed by atoms with Crippen LogP contribution in [0.5, 0.6) is 11.5 Å². The summed E-state index contributed by atoms with van der Waals surface area (Å²) >= 11 is 0. The number of hydrogen-bond acceptors (Lipinski definition) is 4. The van der Waals surface area contributed by atoms with Crippen LogP contribution in [0.1, 0.15) is 6.92 Å². The Kier molecular flexibility index (Phi) is 6.77. The number of hydrogen-bond donors (Lipinski definition) is 0. The van der Waals surface area contributed by atoms with E-state index in [-0.39, 0.29) is 5.69 Å². The molecule has 0 aliphatic carbocycles. The van der Waals surface area contributed by atoms with E-state index in [9.17, 15) is 4.79 Å². The number of nitrogens with zero attached hydrogens (tertiary/aromatic N) is 3. The fourth-order valence-corrected chi connectivity index (χ4v) is 2.71. The van der Waals surface area contributed by atoms with Gasteiger partial charge in [0.25, 0.3) is 0 Å². The summed E-state index contributed by atoms with van der Waals surface area (Å²) in [7, 11) is 4.01. The van der Waals surface area contributed by atoms with Crippen LogP contribution in [0.15, 0.2) is 65.7 Å². The molecule has 0 spiro atoms. The van der Waals surface area contributed by atoms with E-state index in [1.54, 1.807) is 28.5 Å². The first-order valence-electron chi connectivity index (χ1n) is 9.39. The smallest absolute Gasteiger partial charge is 0.337 e. The standard InChI is InChI=1S/C23H25N3O3/c1-4-5-17-28-21-10-6-19(7-11-21)25-14-15-26(23(25)27)20-8-12-22(13-9-20)29-18-16-24(2)3/h6-15H,16-18H2,1-3H3. The van der Waals surface area contributed by atoms with E-state index in [2.05, 4.69) is 16.7 Å². The lowest BCUT2D eigenvalue weighted by Crippen LogP contribution is -2.21. The molecule has 0 atom stereocenters. The van der Waals surface area contributed by atoms with Crippen LogP contribution in [0.4, 0.5) is 0 Å². The molecule has 3 aromatic rings. The summed E-state index contributed by atoms with van der Waals surface area (Å²) in [5.74, 6) is 7.14. The van der Waals surface area contributed by atoms with Gasteiger partial charge in [-0.05, 0) is 69.6 Å². The molecule has 1 aromatic heterocycles. The molecule has 3 rings (SSSR count). The molecule has 0 amide bonds. The summed E-state index contributed by atoms with van der Waals surface area (Å²) in [4.78, 5) is 14.9. The van der Waals surface area contributed by atoms with Gasteiger partial charge in [-0.2, -0.15) is 0 Å². The molecule has 6 nitrogen and oxygen atoms in total. The number of imidazole rings is 1. The molecule has 0 unspecified atom stereocenters. The highest BCUT2D eigenvalue weighted by Gasteiger charge is 2.08. The van der Waals surface area contributed by atoms with Gasteiger partial charge in [0.05, 0.1) is 11.4 Å². The highest BCUT2D eigenvalue weighted by atomic mass is 16.5. The van der Waals surface area contributed by atoms with Gasteiger partial charge < -0.3 is 14.4 Å². The Morgan fingerprint density at radius 1 is 0.862 bits per heavy atom. The summed E-state index contributed by atoms with van der Waals surface area (Å²) < 4.78 is 14.4. The zero-order chi connectivity index (χ0) is 20.6. The zero-order valence-corrected chi connectivity index (χ0v) is 17.0. The van der Waals surface area contributed by atoms with E-state index in [1.165, 1.54) is 0 Å². The minimum absolute atomic E-state index is 0.142. The van der Waals surface area contributed by atoms with Crippen molar-refractivity contribution < 1.29 is 9.47 Å². The predicted octanol–water partition coefficient (Wildman–Crippen LogP) is 2.97. The second kappa shape index (κ2) is 9.67. The van der Waals surface area contributed by atoms with Crippen LogP contribution in [0.2, 0.25) is 0 Å². The van der Waals surface area contributed by atoms with E-state index in [0.29, 0.717) is 19.0 Å². The number of rotatable bonds is 8. The van der Waals surface area contributed by atoms with Gasteiger partial charge in [-0.3, -0.25) is 9.13 Å². The minimum atomic E-state index is -0.142. The van der Waals surface area contributed by atoms with Gasteiger partial charge in [-0.1, -0.05) is 5.92 Å². The maximum Gasteiger partial charge on any atom is 0.337 e. The fourth-order valence-electron chi connectivity index (χ4n) is 2.71. The van der Waals surface area contributed by atoms with Crippen molar-refractivity contribution in [1.29, 1.82) is 0 Å². The second-order valence-electron chi connectivity index (χ2n) is 6.68. The molecular formula is C23H25N3O3. The molecule has 2 aromatic carbocycles. The molecule has 0 radical (unpaired) electrons. The van der Waals surface area contributed by atoms with Gasteiger partial charge in [0.2, 0.25) is 0 Å². The number of benzene rings is 2. The van der Waals surface area contributed by atoms with E-state index in [0.717, 1.165) is 23.7 Å². The van der Waals surface area contributed by atoms with Crippen LogP contribution < -0.4 is 15.2 Å². The lowest BCUT2D eigenvalue weighted by Gasteiger charge is -2.11. The SMILES string of the molecule is CC#CCOc1ccc(-n2ccn(-c3ccc(OCCN(C)C)cc3)c2=O)cc1. The maximum absolute atomic E-state index is 12.8. The monoisotopic (exact) mass is 391 g/mol. The summed E-state index contributed by atoms with van der Waals surface area (Å²) in [6.07, 6.45) is 3.51. The first-order valence-corrected chi connectivity index (χ1v) is 9.39. The summed E-state index contributed by atoms with van der Waals surface area (Å²) in [5.41, 5.74) is 1.41. The molecule has 29 heavy (non-hydrogen) atoms. The Hall–Kier alpha value is -3.43. The molecule has 0 bridgehead atoms. The van der Waals surface area contributed by atoms with Crippen molar-refractivity contribution in [3.63, 3.8) is 0 Å². The van der Waals surface area contributed by atoms with Crippen LogP contribution in [0.25, 0.3) is 11.4 Å². The average Bonchev–Trinajstić information content (AvgIpc) is 3.10. The van der Waals surface area contributed by atoms with E-state index >= 15 is 0 Å². The molecule has 6 heteroatoms. The third-order valence-corrected chi connectivity index (χ3v) is 4.30. The van der Waals surface area contributed by atoms with Crippen LogP contribution >= 0.6 is 0 Å². The quantitative estimate of drug-likeness (QED) is 0.554. The lowest BCUT2D eigenvalue weighted by molar-refractivity contribution is 0.261. The fraction of sp³-hybridized carbons (Fsp3) is 0.261. The Bertz CT molecular complexity index is 1040. The van der Waals surface area contributed by atoms with Gasteiger partial charge in [0.15, 0.2) is 0 Å². The first kappa shape index (κ1) is 20.3. The summed E-state index contributed by atoms with van der Waals surface area (Å²) in [5, 5.41) is 0. The van der Waals surface area contributed by atoms with Gasteiger partial charge >= 0.3 is 5.69 Å². The number of ether oxygens (including phenoxy) is 2. The third kappa shape index (κ3) is 5.31. The first-order chi connectivity index (χ1) is 14.1. The zero-order valence-electron chi connectivity index (χ0n) is 17.0. The molecule has 150 valence electrons. The van der Waals surface area contributed by atoms with E-state index < -0.39 is 0 Å². The maximum atomic E-state index is 12.8. The molecule has 0 fully saturated rings. The van der Waals surface area contributed by atoms with Crippen molar-refractivity contribution in [2.24, 2.45) is 0 Å². The van der Waals surface area contributed by atoms with E-state index in [4.69, 9.17) is 9.47 Å². The predicted molar refractivity (Wildman–Crippen MR) is 114 cm³/mol. The molecule has 0 saturated carbocycles. The minimum Gasteiger partial charge on any atom is -0.492 e. The largest absolute Gasteiger partial charge is 0.492 e. The van der Waals surface area contributed by atoms with E-state index in [1.807, 2.05) is 62.6 Å². The number of likely N-dealkylation sites (N-methyl/N-ethyl adjacent to an activating group) is 1. The Labute approximate surface area is 170 Å². The molecule has 0 aliphatic rings. The number of aromatic nitrogens is 2. The van der Waals surface area contributed by atoms with Gasteiger partial charge in [-0.15, -0.1) is 5.92 Å². The molecule has 1 heterocycles. The topological polar surface area (TPSA) is 48.6 Å². The highest BCUT2D eigenvalue weighted by molar-refractivity contribution is 5.40. The van der Waals surface area contributed by atoms with Crippen molar-refractivity contribution in [2.75, 3.05) is 33.9 Å². The van der Waals surface area contributed by atoms with Crippen molar-refractivity contribution in [3.05, 3.63) is 71.4 Å². The third-order valence-electron chi connectivity index (χ3n) is 4.30. The molecular weight excluding hydrogens is 366 g/mol. The Balaban J connectivity index is 1.72. The molecule has 0 N–H and O–H groups in total. The van der Waals surface area contributed by atoms with Crippen molar-refractivity contribution in [3.8, 4) is 34.7 Å². The average molecular weight is 391 g/mol. The van der Waals surface area contributed by atoms with Crippen molar-refractivity contribution in [1.82, 2.24) is 14.0 Å². The van der Waals surface area contributed by atoms with Crippen LogP contribution in [-0.4, -0.2) is 47.9 Å². The highest BCUT2D eigenvalue weighted by Crippen LogP contribution is 2.17. The van der Waals surface area contributed by atoms with Crippen LogP contribution in [0.3, 0.4) is 0 Å². The Morgan fingerprint density at radius 3 is 1.86 bits per heavy atom. The van der Waals surface area contributed by atoms with Crippen LogP contribution in [0, 0.1) is 11.8 Å². The second-order valence-corrected chi connectivity index (χ2v) is 6.68. The van der Waals surface area contributed by atoms with Crippen molar-refractivity contribution >= 4 is 0 Å².